The van der Waals surface area contributed by atoms with Gasteiger partial charge in [0.05, 0.1) is 0 Å². The fourth-order valence-electron chi connectivity index (χ4n) is 0. The monoisotopic (exact) mass is 400 g/mol. The maximum absolute atomic E-state index is 3.22. The van der Waals surface area contributed by atoms with E-state index in [1.165, 1.54) is 0 Å². The second-order valence-corrected chi connectivity index (χ2v) is 0. The summed E-state index contributed by atoms with van der Waals surface area (Å²) in [5.41, 5.74) is 0. The molecule has 0 atom stereocenters. The van der Waals surface area contributed by atoms with Crippen molar-refractivity contribution in [3.8, 4) is 0 Å². The third kappa shape index (κ3) is 47.7. The quantitative estimate of drug-likeness (QED) is 0.251. The van der Waals surface area contributed by atoms with E-state index >= 15 is 0 Å². The van der Waals surface area contributed by atoms with Gasteiger partial charge < -0.3 is 0 Å². The summed E-state index contributed by atoms with van der Waals surface area (Å²) in [6.45, 7) is 0. The SMILES string of the molecule is SS.SS.[Pd].[SeH][SeH]. The molecule has 7 heavy (non-hydrogen) atoms. The third-order valence-corrected chi connectivity index (χ3v) is 0. The molecule has 0 saturated carbocycles. The fourth-order valence-corrected chi connectivity index (χ4v) is 0. The standard InChI is InChI=1S/Pd.2H2S2.H2Se2/c;3*1-2/h;3*1-2H. The molecule has 0 aliphatic rings. The Balaban J connectivity index is -0.00000000900. The van der Waals surface area contributed by atoms with Gasteiger partial charge in [-0.15, -0.1) is 46.6 Å². The summed E-state index contributed by atoms with van der Waals surface area (Å²) in [5, 5.41) is 0. The van der Waals surface area contributed by atoms with Crippen molar-refractivity contribution in [2.45, 2.75) is 0 Å². The molecular formula is H6PdS4Se2. The normalized spacial score (nSPS) is 2.57. The van der Waals surface area contributed by atoms with E-state index in [1.807, 2.05) is 0 Å². The van der Waals surface area contributed by atoms with Crippen LogP contribution >= 0.6 is 46.6 Å². The summed E-state index contributed by atoms with van der Waals surface area (Å²) in [4.78, 5) is 0. The van der Waals surface area contributed by atoms with Crippen LogP contribution in [0.1, 0.15) is 0 Å². The van der Waals surface area contributed by atoms with Gasteiger partial charge in [0.25, 0.3) is 0 Å². The van der Waals surface area contributed by atoms with Crippen LogP contribution in [-0.2, 0) is 20.4 Å². The molecule has 52 valence electrons. The summed E-state index contributed by atoms with van der Waals surface area (Å²) >= 11 is 17.4. The molecule has 0 fully saturated rings. The van der Waals surface area contributed by atoms with Crippen LogP contribution in [-0.4, -0.2) is 28.4 Å². The molecule has 0 aromatic heterocycles. The molecule has 7 heteroatoms. The molecule has 0 rings (SSSR count). The first kappa shape index (κ1) is 22.5. The molecule has 0 unspecified atom stereocenters. The first-order valence-electron chi connectivity index (χ1n) is 0.600. The van der Waals surface area contributed by atoms with Crippen LogP contribution in [0.3, 0.4) is 0 Å². The van der Waals surface area contributed by atoms with E-state index in [2.05, 4.69) is 75.0 Å². The Morgan fingerprint density at radius 3 is 0.714 bits per heavy atom. The number of thiol groups is 4. The zero-order chi connectivity index (χ0) is 6.00. The molecule has 0 heterocycles. The van der Waals surface area contributed by atoms with Gasteiger partial charge in [0.2, 0.25) is 0 Å². The van der Waals surface area contributed by atoms with Crippen molar-refractivity contribution in [1.82, 2.24) is 0 Å². The summed E-state index contributed by atoms with van der Waals surface area (Å²) in [6.07, 6.45) is 0. The minimum atomic E-state index is 0. The van der Waals surface area contributed by atoms with Crippen LogP contribution < -0.4 is 0 Å². The topological polar surface area (TPSA) is 0 Å². The summed E-state index contributed by atoms with van der Waals surface area (Å²) in [7, 11) is 0. The van der Waals surface area contributed by atoms with Gasteiger partial charge in [0.1, 0.15) is 0 Å². The van der Waals surface area contributed by atoms with Crippen molar-refractivity contribution in [2.75, 3.05) is 0 Å². The Morgan fingerprint density at radius 2 is 0.714 bits per heavy atom. The third-order valence-electron chi connectivity index (χ3n) is 0. The van der Waals surface area contributed by atoms with E-state index < -0.39 is 0 Å². The van der Waals surface area contributed by atoms with Gasteiger partial charge in [0, 0.05) is 20.4 Å². The van der Waals surface area contributed by atoms with E-state index in [0.717, 1.165) is 0 Å². The van der Waals surface area contributed by atoms with Crippen LogP contribution in [0.2, 0.25) is 0 Å². The van der Waals surface area contributed by atoms with Crippen LogP contribution in [0.4, 0.5) is 0 Å². The number of rotatable bonds is 0. The first-order valence-corrected chi connectivity index (χ1v) is 9.00. The van der Waals surface area contributed by atoms with Crippen LogP contribution in [0, 0.1) is 0 Å². The van der Waals surface area contributed by atoms with Crippen molar-refractivity contribution in [3.63, 3.8) is 0 Å². The zero-order valence-corrected chi connectivity index (χ0v) is 11.9. The molecule has 0 aromatic rings. The molecule has 0 nitrogen and oxygen atoms in total. The summed E-state index contributed by atoms with van der Waals surface area (Å²) < 4.78 is 0. The van der Waals surface area contributed by atoms with Crippen molar-refractivity contribution < 1.29 is 20.4 Å². The molecule has 0 bridgehead atoms. The Hall–Kier alpha value is 3.10. The molecule has 0 aliphatic heterocycles. The van der Waals surface area contributed by atoms with Crippen molar-refractivity contribution in [2.24, 2.45) is 0 Å². The molecule has 0 N–H and O–H groups in total. The maximum atomic E-state index is 3.22. The van der Waals surface area contributed by atoms with Gasteiger partial charge in [-0.25, -0.2) is 0 Å². The van der Waals surface area contributed by atoms with Gasteiger partial charge in [-0.2, -0.15) is 0 Å². The minimum absolute atomic E-state index is 0. The molecule has 0 amide bonds. The summed E-state index contributed by atoms with van der Waals surface area (Å²) in [5.74, 6) is 0. The van der Waals surface area contributed by atoms with Gasteiger partial charge in [-0.3, -0.25) is 0 Å². The second kappa shape index (κ2) is 62.1. The van der Waals surface area contributed by atoms with Crippen molar-refractivity contribution in [3.05, 3.63) is 0 Å². The van der Waals surface area contributed by atoms with Gasteiger partial charge in [-0.1, -0.05) is 0 Å². The Bertz CT molecular complexity index is 9.65. The number of hydrogen-bond donors (Lipinski definition) is 4. The predicted octanol–water partition coefficient (Wildman–Crippen LogP) is 0.223. The average Bonchev–Trinajstić information content (AvgIpc) is 1.81. The van der Waals surface area contributed by atoms with Crippen molar-refractivity contribution in [1.29, 1.82) is 0 Å². The zero-order valence-electron chi connectivity index (χ0n) is 3.00. The van der Waals surface area contributed by atoms with E-state index in [1.54, 1.807) is 0 Å². The Morgan fingerprint density at radius 1 is 0.714 bits per heavy atom. The van der Waals surface area contributed by atoms with Crippen LogP contribution in [0.5, 0.6) is 0 Å². The van der Waals surface area contributed by atoms with E-state index in [4.69, 9.17) is 0 Å². The van der Waals surface area contributed by atoms with Gasteiger partial charge >= 0.3 is 28.4 Å². The molecular weight excluding hydrogens is 393 g/mol. The van der Waals surface area contributed by atoms with Gasteiger partial charge in [-0.05, 0) is 0 Å². The first-order chi connectivity index (χ1) is 3.00. The predicted molar refractivity (Wildman–Crippen MR) is 50.2 cm³/mol. The summed E-state index contributed by atoms with van der Waals surface area (Å²) in [6, 6.07) is 0. The number of hydrogen-bond acceptors (Lipinski definition) is 4. The van der Waals surface area contributed by atoms with Crippen molar-refractivity contribution >= 4 is 75.0 Å². The van der Waals surface area contributed by atoms with Crippen LogP contribution in [0.25, 0.3) is 0 Å². The fraction of sp³-hybridized carbons (Fsp3) is 0. The molecule has 0 aliphatic carbocycles. The molecule has 0 radical (unpaired) electrons. The Labute approximate surface area is 94.0 Å². The molecule has 0 aromatic carbocycles. The second-order valence-electron chi connectivity index (χ2n) is 0. The molecule has 0 spiro atoms. The van der Waals surface area contributed by atoms with Gasteiger partial charge in [0.15, 0.2) is 0 Å². The Kier molecular flexibility index (Phi) is 199. The van der Waals surface area contributed by atoms with E-state index in [0.29, 0.717) is 0 Å². The van der Waals surface area contributed by atoms with E-state index in [-0.39, 0.29) is 20.4 Å². The van der Waals surface area contributed by atoms with E-state index in [9.17, 15) is 0 Å². The average molecular weight is 399 g/mol. The van der Waals surface area contributed by atoms with Crippen LogP contribution in [0.15, 0.2) is 0 Å². The molecule has 0 saturated heterocycles.